The Labute approximate surface area is 119 Å². The molecule has 3 heterocycles. The molecule has 0 bridgehead atoms. The number of aryl methyl sites for hydroxylation is 2. The first-order chi connectivity index (χ1) is 9.13. The Kier molecular flexibility index (Phi) is 3.12. The average molecular weight is 294 g/mol. The predicted molar refractivity (Wildman–Crippen MR) is 77.7 cm³/mol. The molecule has 0 amide bonds. The molecule has 1 N–H and O–H groups in total. The van der Waals surface area contributed by atoms with E-state index in [1.165, 1.54) is 9.75 Å². The molecule has 0 radical (unpaired) electrons. The van der Waals surface area contributed by atoms with Gasteiger partial charge in [-0.2, -0.15) is 9.97 Å². The Morgan fingerprint density at radius 1 is 1.37 bits per heavy atom. The maximum absolute atomic E-state index is 5.94. The molecular weight excluding hydrogens is 282 g/mol. The molecule has 0 atom stereocenters. The van der Waals surface area contributed by atoms with Crippen LogP contribution in [0.2, 0.25) is 5.28 Å². The quantitative estimate of drug-likeness (QED) is 0.754. The van der Waals surface area contributed by atoms with Crippen molar-refractivity contribution in [2.24, 2.45) is 7.05 Å². The zero-order valence-electron chi connectivity index (χ0n) is 10.5. The van der Waals surface area contributed by atoms with Crippen LogP contribution in [-0.4, -0.2) is 19.5 Å². The fourth-order valence-corrected chi connectivity index (χ4v) is 2.85. The third-order valence-corrected chi connectivity index (χ3v) is 3.93. The summed E-state index contributed by atoms with van der Waals surface area (Å²) in [5.74, 6) is 0.668. The molecule has 0 fully saturated rings. The normalized spacial score (nSPS) is 11.1. The molecule has 0 saturated heterocycles. The highest BCUT2D eigenvalue weighted by Gasteiger charge is 2.11. The largest absolute Gasteiger partial charge is 0.363 e. The molecule has 0 aliphatic heterocycles. The minimum Gasteiger partial charge on any atom is -0.363 e. The molecule has 3 rings (SSSR count). The molecule has 0 aliphatic rings. The maximum Gasteiger partial charge on any atom is 0.226 e. The number of fused-ring (bicyclic) bond motifs is 1. The van der Waals surface area contributed by atoms with E-state index in [4.69, 9.17) is 11.6 Å². The summed E-state index contributed by atoms with van der Waals surface area (Å²) in [5.41, 5.74) is 1.46. The first-order valence-electron chi connectivity index (χ1n) is 5.77. The van der Waals surface area contributed by atoms with E-state index in [-0.39, 0.29) is 5.28 Å². The number of hydrogen-bond acceptors (Lipinski definition) is 5. The molecule has 0 unspecified atom stereocenters. The van der Waals surface area contributed by atoms with Crippen molar-refractivity contribution >= 4 is 39.9 Å². The van der Waals surface area contributed by atoms with Gasteiger partial charge >= 0.3 is 0 Å². The Morgan fingerprint density at radius 3 is 2.95 bits per heavy atom. The van der Waals surface area contributed by atoms with Gasteiger partial charge in [-0.25, -0.2) is 4.98 Å². The SMILES string of the molecule is Cc1ccc(CNc2nc(Cl)nc3c2ncn3C)s1. The summed E-state index contributed by atoms with van der Waals surface area (Å²) in [6.07, 6.45) is 1.70. The number of rotatable bonds is 3. The van der Waals surface area contributed by atoms with Gasteiger partial charge in [0.15, 0.2) is 17.0 Å². The summed E-state index contributed by atoms with van der Waals surface area (Å²) in [5, 5.41) is 3.49. The van der Waals surface area contributed by atoms with Crippen LogP contribution in [0.4, 0.5) is 5.82 Å². The van der Waals surface area contributed by atoms with E-state index in [2.05, 4.69) is 39.3 Å². The van der Waals surface area contributed by atoms with Crippen LogP contribution in [0.1, 0.15) is 9.75 Å². The topological polar surface area (TPSA) is 55.6 Å². The molecular formula is C12H12ClN5S. The number of nitrogens with one attached hydrogen (secondary N) is 1. The van der Waals surface area contributed by atoms with Gasteiger partial charge in [0.25, 0.3) is 0 Å². The van der Waals surface area contributed by atoms with E-state index >= 15 is 0 Å². The average Bonchev–Trinajstić information content (AvgIpc) is 2.94. The van der Waals surface area contributed by atoms with Gasteiger partial charge in [-0.3, -0.25) is 0 Å². The van der Waals surface area contributed by atoms with E-state index in [9.17, 15) is 0 Å². The van der Waals surface area contributed by atoms with Crippen LogP contribution in [-0.2, 0) is 13.6 Å². The van der Waals surface area contributed by atoms with Gasteiger partial charge in [0.05, 0.1) is 12.9 Å². The summed E-state index contributed by atoms with van der Waals surface area (Å²) in [6.45, 7) is 2.80. The second-order valence-corrected chi connectivity index (χ2v) is 5.95. The van der Waals surface area contributed by atoms with E-state index in [1.807, 2.05) is 11.6 Å². The number of hydrogen-bond donors (Lipinski definition) is 1. The Morgan fingerprint density at radius 2 is 2.21 bits per heavy atom. The highest BCUT2D eigenvalue weighted by atomic mass is 35.5. The van der Waals surface area contributed by atoms with E-state index < -0.39 is 0 Å². The third kappa shape index (κ3) is 2.41. The summed E-state index contributed by atoms with van der Waals surface area (Å²) in [4.78, 5) is 15.2. The zero-order chi connectivity index (χ0) is 13.4. The van der Waals surface area contributed by atoms with Crippen LogP contribution in [0.5, 0.6) is 0 Å². The van der Waals surface area contributed by atoms with Gasteiger partial charge in [0.2, 0.25) is 5.28 Å². The van der Waals surface area contributed by atoms with Gasteiger partial charge in [0, 0.05) is 16.8 Å². The van der Waals surface area contributed by atoms with E-state index in [0.717, 1.165) is 11.2 Å². The fourth-order valence-electron chi connectivity index (χ4n) is 1.85. The van der Waals surface area contributed by atoms with Crippen LogP contribution in [0.15, 0.2) is 18.5 Å². The van der Waals surface area contributed by atoms with Crippen molar-refractivity contribution in [2.75, 3.05) is 5.32 Å². The highest BCUT2D eigenvalue weighted by molar-refractivity contribution is 7.11. The minimum atomic E-state index is 0.223. The Balaban J connectivity index is 1.92. The van der Waals surface area contributed by atoms with Gasteiger partial charge in [-0.05, 0) is 30.7 Å². The van der Waals surface area contributed by atoms with Crippen molar-refractivity contribution in [1.82, 2.24) is 19.5 Å². The molecule has 3 aromatic rings. The van der Waals surface area contributed by atoms with Crippen LogP contribution >= 0.6 is 22.9 Å². The second kappa shape index (κ2) is 4.79. The molecule has 0 aliphatic carbocycles. The standard InChI is InChI=1S/C12H12ClN5S/c1-7-3-4-8(19-7)5-14-10-9-11(17-12(13)16-10)18(2)6-15-9/h3-4,6H,5H2,1-2H3,(H,14,16,17). The molecule has 7 heteroatoms. The summed E-state index contributed by atoms with van der Waals surface area (Å²) < 4.78 is 1.82. The first-order valence-corrected chi connectivity index (χ1v) is 6.96. The molecule has 3 aromatic heterocycles. The van der Waals surface area contributed by atoms with Gasteiger partial charge < -0.3 is 9.88 Å². The summed E-state index contributed by atoms with van der Waals surface area (Å²) >= 11 is 7.70. The fraction of sp³-hybridized carbons (Fsp3) is 0.250. The predicted octanol–water partition coefficient (Wildman–Crippen LogP) is 3.00. The lowest BCUT2D eigenvalue weighted by atomic mass is 10.4. The van der Waals surface area contributed by atoms with Gasteiger partial charge in [-0.1, -0.05) is 0 Å². The lowest BCUT2D eigenvalue weighted by Crippen LogP contribution is -2.02. The molecule has 19 heavy (non-hydrogen) atoms. The number of halogens is 1. The monoisotopic (exact) mass is 293 g/mol. The lowest BCUT2D eigenvalue weighted by molar-refractivity contribution is 0.928. The molecule has 0 saturated carbocycles. The van der Waals surface area contributed by atoms with E-state index in [1.54, 1.807) is 17.7 Å². The number of imidazole rings is 1. The van der Waals surface area contributed by atoms with Crippen molar-refractivity contribution in [1.29, 1.82) is 0 Å². The summed E-state index contributed by atoms with van der Waals surface area (Å²) in [6, 6.07) is 4.20. The zero-order valence-corrected chi connectivity index (χ0v) is 12.1. The van der Waals surface area contributed by atoms with Crippen LogP contribution in [0, 0.1) is 6.92 Å². The molecule has 0 aromatic carbocycles. The van der Waals surface area contributed by atoms with Crippen LogP contribution in [0.25, 0.3) is 11.2 Å². The first kappa shape index (κ1) is 12.4. The smallest absolute Gasteiger partial charge is 0.226 e. The van der Waals surface area contributed by atoms with Crippen molar-refractivity contribution < 1.29 is 0 Å². The number of thiophene rings is 1. The molecule has 98 valence electrons. The van der Waals surface area contributed by atoms with Crippen molar-refractivity contribution in [3.8, 4) is 0 Å². The number of anilines is 1. The maximum atomic E-state index is 5.94. The van der Waals surface area contributed by atoms with Crippen LogP contribution < -0.4 is 5.32 Å². The van der Waals surface area contributed by atoms with Crippen molar-refractivity contribution in [3.63, 3.8) is 0 Å². The molecule has 5 nitrogen and oxygen atoms in total. The Bertz CT molecular complexity index is 733. The molecule has 0 spiro atoms. The number of aromatic nitrogens is 4. The Hall–Kier alpha value is -1.66. The van der Waals surface area contributed by atoms with Crippen molar-refractivity contribution in [2.45, 2.75) is 13.5 Å². The minimum absolute atomic E-state index is 0.223. The second-order valence-electron chi connectivity index (χ2n) is 4.23. The van der Waals surface area contributed by atoms with Gasteiger partial charge in [0.1, 0.15) is 0 Å². The number of nitrogens with zero attached hydrogens (tertiary/aromatic N) is 4. The van der Waals surface area contributed by atoms with Crippen LogP contribution in [0.3, 0.4) is 0 Å². The van der Waals surface area contributed by atoms with Crippen molar-refractivity contribution in [3.05, 3.63) is 33.5 Å². The van der Waals surface area contributed by atoms with Gasteiger partial charge in [-0.15, -0.1) is 11.3 Å². The third-order valence-electron chi connectivity index (χ3n) is 2.76. The summed E-state index contributed by atoms with van der Waals surface area (Å²) in [7, 11) is 1.88. The lowest BCUT2D eigenvalue weighted by Gasteiger charge is -2.05. The highest BCUT2D eigenvalue weighted by Crippen LogP contribution is 2.22. The van der Waals surface area contributed by atoms with E-state index in [0.29, 0.717) is 12.4 Å².